The zero-order chi connectivity index (χ0) is 12.3. The first-order chi connectivity index (χ1) is 8.20. The Morgan fingerprint density at radius 1 is 1.59 bits per heavy atom. The number of rotatable bonds is 3. The molecule has 1 aliphatic heterocycles. The van der Waals surface area contributed by atoms with Gasteiger partial charge in [0.15, 0.2) is 5.84 Å². The fourth-order valence-corrected chi connectivity index (χ4v) is 1.64. The molecule has 0 aliphatic carbocycles. The third kappa shape index (κ3) is 2.65. The van der Waals surface area contributed by atoms with E-state index >= 15 is 0 Å². The quantitative estimate of drug-likeness (QED) is 0.359. The molecule has 5 nitrogen and oxygen atoms in total. The first-order valence-electron chi connectivity index (χ1n) is 5.22. The van der Waals surface area contributed by atoms with Crippen LogP contribution in [0.25, 0.3) is 0 Å². The highest BCUT2D eigenvalue weighted by molar-refractivity contribution is 5.99. The molecule has 1 aromatic rings. The molecule has 1 saturated heterocycles. The van der Waals surface area contributed by atoms with Gasteiger partial charge in [-0.25, -0.2) is 4.39 Å². The molecular weight excluding hydrogens is 227 g/mol. The fourth-order valence-electron chi connectivity index (χ4n) is 1.64. The Labute approximate surface area is 97.6 Å². The van der Waals surface area contributed by atoms with Gasteiger partial charge in [-0.2, -0.15) is 0 Å². The van der Waals surface area contributed by atoms with Crippen molar-refractivity contribution in [3.63, 3.8) is 0 Å². The lowest BCUT2D eigenvalue weighted by atomic mass is 10.1. The van der Waals surface area contributed by atoms with Crippen molar-refractivity contribution in [2.45, 2.75) is 12.5 Å². The van der Waals surface area contributed by atoms with Gasteiger partial charge in [0.1, 0.15) is 17.7 Å². The van der Waals surface area contributed by atoms with Crippen LogP contribution in [0.4, 0.5) is 4.39 Å². The summed E-state index contributed by atoms with van der Waals surface area (Å²) in [5.74, 6) is -0.266. The Morgan fingerprint density at radius 3 is 3.06 bits per heavy atom. The molecule has 6 heteroatoms. The van der Waals surface area contributed by atoms with Crippen LogP contribution in [0, 0.1) is 5.82 Å². The van der Waals surface area contributed by atoms with Gasteiger partial charge in [-0.05, 0) is 18.2 Å². The van der Waals surface area contributed by atoms with Crippen molar-refractivity contribution in [1.29, 1.82) is 0 Å². The molecule has 0 radical (unpaired) electrons. The number of nitrogens with two attached hydrogens (primary N) is 1. The number of amidine groups is 1. The van der Waals surface area contributed by atoms with Crippen molar-refractivity contribution < 1.29 is 19.1 Å². The molecule has 0 bridgehead atoms. The maximum Gasteiger partial charge on any atom is 0.173 e. The SMILES string of the molecule is NC(=NO)c1cc(F)ccc1OC1CCOC1. The van der Waals surface area contributed by atoms with Crippen LogP contribution in [0.1, 0.15) is 12.0 Å². The number of ether oxygens (including phenoxy) is 2. The van der Waals surface area contributed by atoms with Crippen LogP contribution in [0.2, 0.25) is 0 Å². The van der Waals surface area contributed by atoms with Gasteiger partial charge in [-0.15, -0.1) is 0 Å². The molecule has 0 amide bonds. The van der Waals surface area contributed by atoms with Gasteiger partial charge in [0.05, 0.1) is 18.8 Å². The summed E-state index contributed by atoms with van der Waals surface area (Å²) in [5.41, 5.74) is 5.70. The lowest BCUT2D eigenvalue weighted by Gasteiger charge is -2.14. The molecule has 0 spiro atoms. The summed E-state index contributed by atoms with van der Waals surface area (Å²) in [6.45, 7) is 1.14. The Hall–Kier alpha value is -1.82. The minimum absolute atomic E-state index is 0.0781. The van der Waals surface area contributed by atoms with Gasteiger partial charge in [0.2, 0.25) is 0 Å². The number of oxime groups is 1. The van der Waals surface area contributed by atoms with Crippen molar-refractivity contribution in [2.24, 2.45) is 10.9 Å². The van der Waals surface area contributed by atoms with E-state index in [9.17, 15) is 4.39 Å². The van der Waals surface area contributed by atoms with Crippen LogP contribution in [0.5, 0.6) is 5.75 Å². The molecule has 1 unspecified atom stereocenters. The van der Waals surface area contributed by atoms with Crippen molar-refractivity contribution >= 4 is 5.84 Å². The standard InChI is InChI=1S/C11H13FN2O3/c12-7-1-2-10(9(5-7)11(13)14-15)17-8-3-4-16-6-8/h1-2,5,8,15H,3-4,6H2,(H2,13,14). The van der Waals surface area contributed by atoms with E-state index in [0.717, 1.165) is 6.42 Å². The third-order valence-electron chi connectivity index (χ3n) is 2.51. The van der Waals surface area contributed by atoms with Crippen LogP contribution < -0.4 is 10.5 Å². The highest BCUT2D eigenvalue weighted by Gasteiger charge is 2.19. The second-order valence-corrected chi connectivity index (χ2v) is 3.73. The number of benzene rings is 1. The van der Waals surface area contributed by atoms with E-state index in [2.05, 4.69) is 5.16 Å². The van der Waals surface area contributed by atoms with Crippen molar-refractivity contribution in [2.75, 3.05) is 13.2 Å². The topological polar surface area (TPSA) is 77.1 Å². The fraction of sp³-hybridized carbons (Fsp3) is 0.364. The molecule has 0 saturated carbocycles. The molecule has 0 aromatic heterocycles. The maximum absolute atomic E-state index is 13.1. The summed E-state index contributed by atoms with van der Waals surface area (Å²) >= 11 is 0. The van der Waals surface area contributed by atoms with E-state index < -0.39 is 5.82 Å². The van der Waals surface area contributed by atoms with E-state index in [0.29, 0.717) is 19.0 Å². The summed E-state index contributed by atoms with van der Waals surface area (Å²) in [6.07, 6.45) is 0.693. The summed E-state index contributed by atoms with van der Waals surface area (Å²) in [4.78, 5) is 0. The average molecular weight is 240 g/mol. The Balaban J connectivity index is 2.25. The molecule has 92 valence electrons. The van der Waals surface area contributed by atoms with Crippen molar-refractivity contribution in [1.82, 2.24) is 0 Å². The molecule has 1 aliphatic rings. The molecule has 1 heterocycles. The van der Waals surface area contributed by atoms with Crippen LogP contribution in [0.3, 0.4) is 0 Å². The van der Waals surface area contributed by atoms with E-state index in [1.54, 1.807) is 0 Å². The second kappa shape index (κ2) is 5.01. The van der Waals surface area contributed by atoms with Crippen LogP contribution in [-0.4, -0.2) is 30.4 Å². The van der Waals surface area contributed by atoms with E-state index in [-0.39, 0.29) is 17.5 Å². The van der Waals surface area contributed by atoms with Crippen LogP contribution in [-0.2, 0) is 4.74 Å². The smallest absolute Gasteiger partial charge is 0.173 e. The summed E-state index contributed by atoms with van der Waals surface area (Å²) in [5, 5.41) is 11.5. The predicted molar refractivity (Wildman–Crippen MR) is 58.8 cm³/mol. The monoisotopic (exact) mass is 240 g/mol. The number of hydrogen-bond acceptors (Lipinski definition) is 4. The average Bonchev–Trinajstić information content (AvgIpc) is 2.83. The second-order valence-electron chi connectivity index (χ2n) is 3.73. The van der Waals surface area contributed by atoms with Crippen LogP contribution in [0.15, 0.2) is 23.4 Å². The number of nitrogens with zero attached hydrogens (tertiary/aromatic N) is 1. The van der Waals surface area contributed by atoms with Gasteiger partial charge in [-0.1, -0.05) is 5.16 Å². The highest BCUT2D eigenvalue weighted by atomic mass is 19.1. The van der Waals surface area contributed by atoms with Gasteiger partial charge in [0, 0.05) is 6.42 Å². The minimum Gasteiger partial charge on any atom is -0.487 e. The first-order valence-corrected chi connectivity index (χ1v) is 5.22. The third-order valence-corrected chi connectivity index (χ3v) is 2.51. The molecular formula is C11H13FN2O3. The zero-order valence-corrected chi connectivity index (χ0v) is 9.10. The predicted octanol–water partition coefficient (Wildman–Crippen LogP) is 1.09. The van der Waals surface area contributed by atoms with Crippen molar-refractivity contribution in [3.05, 3.63) is 29.6 Å². The summed E-state index contributed by atoms with van der Waals surface area (Å²) in [7, 11) is 0. The molecule has 3 N–H and O–H groups in total. The maximum atomic E-state index is 13.1. The molecule has 1 aromatic carbocycles. The first kappa shape index (κ1) is 11.7. The molecule has 1 fully saturated rings. The van der Waals surface area contributed by atoms with Gasteiger partial charge in [-0.3, -0.25) is 0 Å². The lowest BCUT2D eigenvalue weighted by Crippen LogP contribution is -2.20. The Bertz CT molecular complexity index is 431. The highest BCUT2D eigenvalue weighted by Crippen LogP contribution is 2.23. The summed E-state index contributed by atoms with van der Waals surface area (Å²) in [6, 6.07) is 3.89. The summed E-state index contributed by atoms with van der Waals surface area (Å²) < 4.78 is 23.9. The minimum atomic E-state index is -0.471. The zero-order valence-electron chi connectivity index (χ0n) is 9.10. The molecule has 2 rings (SSSR count). The van der Waals surface area contributed by atoms with E-state index in [1.807, 2.05) is 0 Å². The van der Waals surface area contributed by atoms with Gasteiger partial charge >= 0.3 is 0 Å². The Morgan fingerprint density at radius 2 is 2.41 bits per heavy atom. The molecule has 1 atom stereocenters. The number of halogens is 1. The van der Waals surface area contributed by atoms with E-state index in [1.165, 1.54) is 18.2 Å². The largest absolute Gasteiger partial charge is 0.487 e. The normalized spacial score (nSPS) is 20.5. The van der Waals surface area contributed by atoms with Gasteiger partial charge in [0.25, 0.3) is 0 Å². The molecule has 17 heavy (non-hydrogen) atoms. The van der Waals surface area contributed by atoms with Crippen molar-refractivity contribution in [3.8, 4) is 5.75 Å². The van der Waals surface area contributed by atoms with Gasteiger partial charge < -0.3 is 20.4 Å². The van der Waals surface area contributed by atoms with Crippen LogP contribution >= 0.6 is 0 Å². The lowest BCUT2D eigenvalue weighted by molar-refractivity contribution is 0.141. The van der Waals surface area contributed by atoms with E-state index in [4.69, 9.17) is 20.4 Å². The Kier molecular flexibility index (Phi) is 3.43. The number of hydrogen-bond donors (Lipinski definition) is 2.